The minimum Gasteiger partial charge on any atom is -0.496 e. The summed E-state index contributed by atoms with van der Waals surface area (Å²) < 4.78 is 11.0. The number of hydrogen-bond donors (Lipinski definition) is 1. The molecule has 3 saturated heterocycles. The predicted octanol–water partition coefficient (Wildman–Crippen LogP) is 1.90. The first-order valence-electron chi connectivity index (χ1n) is 10.2. The van der Waals surface area contributed by atoms with Gasteiger partial charge in [0, 0.05) is 43.0 Å². The molecule has 1 N–H and O–H groups in total. The van der Waals surface area contributed by atoms with Crippen molar-refractivity contribution in [3.63, 3.8) is 0 Å². The van der Waals surface area contributed by atoms with Crippen molar-refractivity contribution in [2.75, 3.05) is 43.2 Å². The van der Waals surface area contributed by atoms with Crippen molar-refractivity contribution in [3.8, 4) is 5.75 Å². The number of anilines is 2. The number of benzene rings is 1. The number of morpholine rings is 1. The van der Waals surface area contributed by atoms with Crippen LogP contribution in [0.25, 0.3) is 0 Å². The molecule has 7 rings (SSSR count). The van der Waals surface area contributed by atoms with Gasteiger partial charge in [-0.25, -0.2) is 0 Å². The van der Waals surface area contributed by atoms with Crippen molar-refractivity contribution in [2.45, 2.75) is 18.5 Å². The lowest BCUT2D eigenvalue weighted by Crippen LogP contribution is -2.38. The van der Waals surface area contributed by atoms with Crippen LogP contribution in [0.1, 0.15) is 5.56 Å². The maximum Gasteiger partial charge on any atom is 0.251 e. The summed E-state index contributed by atoms with van der Waals surface area (Å²) in [6.45, 7) is 3.12. The van der Waals surface area contributed by atoms with Crippen LogP contribution in [0.5, 0.6) is 5.75 Å². The van der Waals surface area contributed by atoms with Crippen LogP contribution in [-0.2, 0) is 11.2 Å². The van der Waals surface area contributed by atoms with E-state index < -0.39 is 0 Å². The molecule has 5 fully saturated rings. The summed E-state index contributed by atoms with van der Waals surface area (Å²) in [5.74, 6) is 4.36. The number of methoxy groups -OCH3 is 1. The standard InChI is InChI=1S/C22H25N3O3/c1-27-16-5-3-2-4-13(16)10-15-19-20-21(19)22(20)25(15)17-11-14(12-18(26)23-17)24-6-8-28-9-7-24/h2-5,11-12,15,19-22H,6-10H2,1H3,(H,23,26)/t15-,19?,20-,21?,22?/m1/s1. The first kappa shape index (κ1) is 16.5. The number of nitrogens with zero attached hydrogens (tertiary/aromatic N) is 2. The van der Waals surface area contributed by atoms with Gasteiger partial charge in [-0.2, -0.15) is 0 Å². The SMILES string of the molecule is COc1ccccc1C[C@@H]1C2C3C([C@@H]32)N1c1cc(N2CCOCC2)cc(=O)[nH]1. The first-order valence-corrected chi connectivity index (χ1v) is 10.2. The third kappa shape index (κ3) is 2.40. The fourth-order valence-corrected chi connectivity index (χ4v) is 5.66. The Bertz CT molecular complexity index is 957. The number of nitrogens with one attached hydrogen (secondary N) is 1. The molecule has 5 atom stereocenters. The van der Waals surface area contributed by atoms with Crippen LogP contribution in [0.3, 0.4) is 0 Å². The van der Waals surface area contributed by atoms with Crippen molar-refractivity contribution < 1.29 is 9.47 Å². The third-order valence-corrected chi connectivity index (χ3v) is 7.05. The van der Waals surface area contributed by atoms with E-state index in [-0.39, 0.29) is 5.56 Å². The van der Waals surface area contributed by atoms with Crippen molar-refractivity contribution >= 4 is 11.5 Å². The molecule has 2 bridgehead atoms. The van der Waals surface area contributed by atoms with Crippen LogP contribution in [-0.4, -0.2) is 50.5 Å². The Hall–Kier alpha value is -2.47. The smallest absolute Gasteiger partial charge is 0.251 e. The molecule has 1 aromatic heterocycles. The van der Waals surface area contributed by atoms with Gasteiger partial charge in [-0.3, -0.25) is 4.79 Å². The number of aromatic nitrogens is 1. The van der Waals surface area contributed by atoms with Crippen molar-refractivity contribution in [1.82, 2.24) is 4.98 Å². The zero-order valence-corrected chi connectivity index (χ0v) is 16.0. The van der Waals surface area contributed by atoms with Gasteiger partial charge in [0.05, 0.1) is 20.3 Å². The summed E-state index contributed by atoms with van der Waals surface area (Å²) in [6.07, 6.45) is 0.960. The number of hydrogen-bond acceptors (Lipinski definition) is 5. The molecular formula is C22H25N3O3. The van der Waals surface area contributed by atoms with Crippen LogP contribution in [0.4, 0.5) is 11.5 Å². The molecular weight excluding hydrogens is 354 g/mol. The summed E-state index contributed by atoms with van der Waals surface area (Å²) in [6, 6.07) is 13.2. The minimum absolute atomic E-state index is 0.0193. The van der Waals surface area contributed by atoms with Crippen molar-refractivity contribution in [3.05, 3.63) is 52.3 Å². The number of rotatable bonds is 5. The van der Waals surface area contributed by atoms with E-state index in [0.29, 0.717) is 12.1 Å². The molecule has 2 aromatic rings. The Morgan fingerprint density at radius 3 is 2.71 bits per heavy atom. The van der Waals surface area contributed by atoms with Gasteiger partial charge in [-0.1, -0.05) is 18.2 Å². The maximum atomic E-state index is 12.4. The minimum atomic E-state index is -0.0193. The van der Waals surface area contributed by atoms with E-state index in [1.165, 1.54) is 5.56 Å². The fourth-order valence-electron chi connectivity index (χ4n) is 5.66. The second kappa shape index (κ2) is 6.01. The Morgan fingerprint density at radius 1 is 1.14 bits per heavy atom. The van der Waals surface area contributed by atoms with Gasteiger partial charge in [0.25, 0.3) is 5.56 Å². The van der Waals surface area contributed by atoms with Crippen molar-refractivity contribution in [2.24, 2.45) is 17.8 Å². The van der Waals surface area contributed by atoms with E-state index >= 15 is 0 Å². The van der Waals surface area contributed by atoms with E-state index in [2.05, 4.69) is 33.0 Å². The van der Waals surface area contributed by atoms with Crippen molar-refractivity contribution in [1.29, 1.82) is 0 Å². The van der Waals surface area contributed by atoms with Crippen LogP contribution in [0, 0.1) is 17.8 Å². The predicted molar refractivity (Wildman–Crippen MR) is 107 cm³/mol. The zero-order chi connectivity index (χ0) is 18.8. The third-order valence-electron chi connectivity index (χ3n) is 7.05. The van der Waals surface area contributed by atoms with E-state index in [9.17, 15) is 4.79 Å². The molecule has 6 heteroatoms. The number of para-hydroxylation sites is 1. The Kier molecular flexibility index (Phi) is 3.54. The van der Waals surface area contributed by atoms with Gasteiger partial charge < -0.3 is 24.3 Å². The molecule has 0 radical (unpaired) electrons. The second-order valence-electron chi connectivity index (χ2n) is 8.40. The molecule has 3 aliphatic heterocycles. The number of fused-ring (bicyclic) bond motifs is 1. The van der Waals surface area contributed by atoms with Gasteiger partial charge in [0.2, 0.25) is 0 Å². The lowest BCUT2D eigenvalue weighted by Gasteiger charge is -2.31. The molecule has 5 aliphatic rings. The number of aromatic amines is 1. The second-order valence-corrected chi connectivity index (χ2v) is 8.40. The van der Waals surface area contributed by atoms with E-state index in [4.69, 9.17) is 9.47 Å². The summed E-state index contributed by atoms with van der Waals surface area (Å²) >= 11 is 0. The normalized spacial score (nSPS) is 32.2. The van der Waals surface area contributed by atoms with E-state index in [1.54, 1.807) is 13.2 Å². The average Bonchev–Trinajstić information content (AvgIpc) is 3.57. The van der Waals surface area contributed by atoms with Crippen LogP contribution in [0.15, 0.2) is 41.2 Å². The summed E-state index contributed by atoms with van der Waals surface area (Å²) in [5.41, 5.74) is 2.24. The summed E-state index contributed by atoms with van der Waals surface area (Å²) in [7, 11) is 1.74. The lowest BCUT2D eigenvalue weighted by molar-refractivity contribution is 0.122. The first-order chi connectivity index (χ1) is 13.8. The Balaban J connectivity index is 1.32. The molecule has 0 amide bonds. The van der Waals surface area contributed by atoms with Crippen LogP contribution < -0.4 is 20.1 Å². The molecule has 1 aromatic carbocycles. The highest BCUT2D eigenvalue weighted by molar-refractivity contribution is 5.62. The number of H-pyrrole nitrogens is 1. The van der Waals surface area contributed by atoms with Gasteiger partial charge in [-0.05, 0) is 35.8 Å². The van der Waals surface area contributed by atoms with E-state index in [1.807, 2.05) is 12.1 Å². The number of pyridine rings is 1. The molecule has 2 aliphatic carbocycles. The largest absolute Gasteiger partial charge is 0.496 e. The highest BCUT2D eigenvalue weighted by Crippen LogP contribution is 2.78. The highest BCUT2D eigenvalue weighted by atomic mass is 16.5. The van der Waals surface area contributed by atoms with Crippen LogP contribution >= 0.6 is 0 Å². The summed E-state index contributed by atoms with van der Waals surface area (Å²) in [5, 5.41) is 0. The van der Waals surface area contributed by atoms with Gasteiger partial charge >= 0.3 is 0 Å². The fraction of sp³-hybridized carbons (Fsp3) is 0.500. The van der Waals surface area contributed by atoms with E-state index in [0.717, 1.165) is 67.7 Å². The van der Waals surface area contributed by atoms with Crippen LogP contribution in [0.2, 0.25) is 0 Å². The number of ether oxygens (including phenoxy) is 2. The molecule has 146 valence electrons. The molecule has 6 nitrogen and oxygen atoms in total. The molecule has 2 saturated carbocycles. The van der Waals surface area contributed by atoms with Gasteiger partial charge in [-0.15, -0.1) is 0 Å². The quantitative estimate of drug-likeness (QED) is 0.860. The maximum absolute atomic E-state index is 12.4. The summed E-state index contributed by atoms with van der Waals surface area (Å²) in [4.78, 5) is 20.3. The molecule has 4 heterocycles. The zero-order valence-electron chi connectivity index (χ0n) is 16.0. The molecule has 3 unspecified atom stereocenters. The Morgan fingerprint density at radius 2 is 1.93 bits per heavy atom. The Labute approximate surface area is 164 Å². The lowest BCUT2D eigenvalue weighted by atomic mass is 10.00. The van der Waals surface area contributed by atoms with Gasteiger partial charge in [0.1, 0.15) is 11.6 Å². The highest BCUT2D eigenvalue weighted by Gasteiger charge is 2.84. The monoisotopic (exact) mass is 379 g/mol. The molecule has 0 spiro atoms. The average molecular weight is 379 g/mol. The topological polar surface area (TPSA) is 57.8 Å². The number of piperidine rings is 1. The molecule has 28 heavy (non-hydrogen) atoms. The van der Waals surface area contributed by atoms with Gasteiger partial charge in [0.15, 0.2) is 0 Å².